The van der Waals surface area contributed by atoms with Crippen molar-refractivity contribution in [1.82, 2.24) is 0 Å². The van der Waals surface area contributed by atoms with Gasteiger partial charge in [-0.3, -0.25) is 19.7 Å². The van der Waals surface area contributed by atoms with Crippen molar-refractivity contribution in [2.75, 3.05) is 16.4 Å². The number of hydrogen-bond donors (Lipinski definition) is 2. The Labute approximate surface area is 178 Å². The number of nitro benzene ring substituents is 1. The molecule has 0 saturated carbocycles. The summed E-state index contributed by atoms with van der Waals surface area (Å²) in [5, 5.41) is 16.0. The molecule has 2 aromatic rings. The maximum Gasteiger partial charge on any atom is 0.446 e. The summed E-state index contributed by atoms with van der Waals surface area (Å²) >= 11 is -0.633. The molecule has 0 fully saturated rings. The fourth-order valence-corrected chi connectivity index (χ4v) is 4.26. The van der Waals surface area contributed by atoms with Gasteiger partial charge >= 0.3 is 5.51 Å². The van der Waals surface area contributed by atoms with E-state index in [1.807, 2.05) is 0 Å². The molecule has 0 aliphatic heterocycles. The van der Waals surface area contributed by atoms with Crippen LogP contribution in [0.25, 0.3) is 0 Å². The zero-order valence-electron chi connectivity index (χ0n) is 15.6. The zero-order chi connectivity index (χ0) is 23.4. The predicted molar refractivity (Wildman–Crippen MR) is 106 cm³/mol. The van der Waals surface area contributed by atoms with Gasteiger partial charge in [-0.15, -0.1) is 0 Å². The number of nitro groups is 1. The van der Waals surface area contributed by atoms with Crippen molar-refractivity contribution in [3.05, 3.63) is 52.6 Å². The van der Waals surface area contributed by atoms with Gasteiger partial charge in [-0.2, -0.15) is 13.2 Å². The van der Waals surface area contributed by atoms with Crippen LogP contribution in [0, 0.1) is 10.1 Å². The Morgan fingerprint density at radius 1 is 1.06 bits per heavy atom. The summed E-state index contributed by atoms with van der Waals surface area (Å²) in [4.78, 5) is 31.7. The van der Waals surface area contributed by atoms with Crippen LogP contribution in [0.2, 0.25) is 0 Å². The molecule has 0 aromatic heterocycles. The summed E-state index contributed by atoms with van der Waals surface area (Å²) in [5.74, 6) is -2.51. The van der Waals surface area contributed by atoms with Crippen LogP contribution >= 0.6 is 11.8 Å². The average molecular weight is 477 g/mol. The number of rotatable bonds is 7. The van der Waals surface area contributed by atoms with Crippen LogP contribution < -0.4 is 10.6 Å². The van der Waals surface area contributed by atoms with Crippen molar-refractivity contribution in [2.24, 2.45) is 0 Å². The number of thioether (sulfide) groups is 1. The Bertz CT molecular complexity index is 1120. The van der Waals surface area contributed by atoms with Crippen molar-refractivity contribution in [3.63, 3.8) is 0 Å². The number of nitrogens with one attached hydrogen (secondary N) is 2. The van der Waals surface area contributed by atoms with Gasteiger partial charge in [-0.25, -0.2) is 8.42 Å². The Kier molecular flexibility index (Phi) is 7.28. The minimum atomic E-state index is -4.72. The molecule has 9 nitrogen and oxygen atoms in total. The van der Waals surface area contributed by atoms with Gasteiger partial charge in [0.25, 0.3) is 5.69 Å². The molecule has 31 heavy (non-hydrogen) atoms. The molecule has 2 aromatic carbocycles. The van der Waals surface area contributed by atoms with Gasteiger partial charge in [0.15, 0.2) is 9.84 Å². The van der Waals surface area contributed by atoms with Crippen molar-refractivity contribution < 1.29 is 36.1 Å². The van der Waals surface area contributed by atoms with Gasteiger partial charge in [0.1, 0.15) is 10.6 Å². The standard InChI is InChI=1S/C17H14F3N3O6S2/c1-10(24)21-11-2-4-12(5-3-11)22-16(25)9-31(28,29)15-7-6-13(30-17(18,19)20)8-14(15)23(26)27/h2-8H,9H2,1H3,(H,21,24)(H,22,25). The number of nitrogens with zero attached hydrogens (tertiary/aromatic N) is 1. The van der Waals surface area contributed by atoms with Crippen molar-refractivity contribution in [3.8, 4) is 0 Å². The Morgan fingerprint density at radius 2 is 1.61 bits per heavy atom. The molecule has 0 heterocycles. The first kappa shape index (κ1) is 24.1. The smallest absolute Gasteiger partial charge is 0.326 e. The van der Waals surface area contributed by atoms with Crippen LogP contribution in [0.4, 0.5) is 30.2 Å². The van der Waals surface area contributed by atoms with Gasteiger partial charge in [0.2, 0.25) is 11.8 Å². The normalized spacial score (nSPS) is 11.6. The minimum Gasteiger partial charge on any atom is -0.326 e. The molecule has 14 heteroatoms. The SMILES string of the molecule is CC(=O)Nc1ccc(NC(=O)CS(=O)(=O)c2ccc(SC(F)(F)F)cc2[N+](=O)[O-])cc1. The number of sulfone groups is 1. The van der Waals surface area contributed by atoms with Crippen LogP contribution in [0.5, 0.6) is 0 Å². The summed E-state index contributed by atoms with van der Waals surface area (Å²) in [5.41, 5.74) is -5.16. The van der Waals surface area contributed by atoms with Crippen LogP contribution in [0.1, 0.15) is 6.92 Å². The van der Waals surface area contributed by atoms with E-state index < -0.39 is 59.2 Å². The first-order chi connectivity index (χ1) is 14.3. The lowest BCUT2D eigenvalue weighted by molar-refractivity contribution is -0.388. The van der Waals surface area contributed by atoms with E-state index in [1.54, 1.807) is 0 Å². The fraction of sp³-hybridized carbons (Fsp3) is 0.176. The topological polar surface area (TPSA) is 135 Å². The number of alkyl halides is 3. The van der Waals surface area contributed by atoms with Crippen molar-refractivity contribution >= 4 is 50.5 Å². The van der Waals surface area contributed by atoms with Gasteiger partial charge in [-0.1, -0.05) is 0 Å². The molecular weight excluding hydrogens is 463 g/mol. The van der Waals surface area contributed by atoms with Crippen molar-refractivity contribution in [1.29, 1.82) is 0 Å². The minimum absolute atomic E-state index is 0.195. The molecule has 0 spiro atoms. The Hall–Kier alpha value is -3.13. The highest BCUT2D eigenvalue weighted by molar-refractivity contribution is 8.00. The van der Waals surface area contributed by atoms with Gasteiger partial charge in [-0.05, 0) is 48.2 Å². The van der Waals surface area contributed by atoms with Gasteiger partial charge in [0.05, 0.1) is 4.92 Å². The molecule has 0 aliphatic rings. The van der Waals surface area contributed by atoms with E-state index >= 15 is 0 Å². The molecule has 0 bridgehead atoms. The highest BCUT2D eigenvalue weighted by atomic mass is 32.2. The lowest BCUT2D eigenvalue weighted by Gasteiger charge is -2.10. The lowest BCUT2D eigenvalue weighted by Crippen LogP contribution is -2.23. The van der Waals surface area contributed by atoms with Crippen LogP contribution in [0.15, 0.2) is 52.3 Å². The second kappa shape index (κ2) is 9.34. The van der Waals surface area contributed by atoms with Crippen LogP contribution in [-0.2, 0) is 19.4 Å². The number of carbonyl (C=O) groups excluding carboxylic acids is 2. The summed E-state index contributed by atoms with van der Waals surface area (Å²) in [6, 6.07) is 7.61. The first-order valence-corrected chi connectivity index (χ1v) is 10.7. The van der Waals surface area contributed by atoms with Gasteiger partial charge in [0, 0.05) is 29.3 Å². The Morgan fingerprint density at radius 3 is 2.10 bits per heavy atom. The molecule has 0 saturated heterocycles. The summed E-state index contributed by atoms with van der Waals surface area (Å²) < 4.78 is 62.4. The first-order valence-electron chi connectivity index (χ1n) is 8.21. The van der Waals surface area contributed by atoms with E-state index in [4.69, 9.17) is 0 Å². The maximum atomic E-state index is 12.5. The van der Waals surface area contributed by atoms with E-state index in [1.165, 1.54) is 31.2 Å². The lowest BCUT2D eigenvalue weighted by atomic mass is 10.3. The third-order valence-electron chi connectivity index (χ3n) is 3.51. The molecule has 166 valence electrons. The monoisotopic (exact) mass is 477 g/mol. The molecular formula is C17H14F3N3O6S2. The van der Waals surface area contributed by atoms with E-state index in [2.05, 4.69) is 10.6 Å². The maximum absolute atomic E-state index is 12.5. The third kappa shape index (κ3) is 7.25. The molecule has 0 atom stereocenters. The number of anilines is 2. The summed E-state index contributed by atoms with van der Waals surface area (Å²) in [6.07, 6.45) is 0. The molecule has 2 amide bonds. The molecule has 2 N–H and O–H groups in total. The number of halogens is 3. The van der Waals surface area contributed by atoms with Gasteiger partial charge < -0.3 is 10.6 Å². The zero-order valence-corrected chi connectivity index (χ0v) is 17.2. The highest BCUT2D eigenvalue weighted by Gasteiger charge is 2.33. The molecule has 0 radical (unpaired) electrons. The van der Waals surface area contributed by atoms with Crippen molar-refractivity contribution in [2.45, 2.75) is 22.2 Å². The third-order valence-corrected chi connectivity index (χ3v) is 5.88. The fourth-order valence-electron chi connectivity index (χ4n) is 2.39. The summed E-state index contributed by atoms with van der Waals surface area (Å²) in [6.45, 7) is 1.30. The van der Waals surface area contributed by atoms with E-state index in [9.17, 15) is 41.3 Å². The average Bonchev–Trinajstić information content (AvgIpc) is 2.60. The number of carbonyl (C=O) groups is 2. The van der Waals surface area contributed by atoms with Crippen LogP contribution in [-0.4, -0.2) is 36.4 Å². The molecule has 0 unspecified atom stereocenters. The predicted octanol–water partition coefficient (Wildman–Crippen LogP) is 3.58. The molecule has 0 aliphatic carbocycles. The second-order valence-electron chi connectivity index (χ2n) is 6.00. The van der Waals surface area contributed by atoms with E-state index in [0.29, 0.717) is 17.8 Å². The largest absolute Gasteiger partial charge is 0.446 e. The van der Waals surface area contributed by atoms with E-state index in [0.717, 1.165) is 6.07 Å². The van der Waals surface area contributed by atoms with E-state index in [-0.39, 0.29) is 11.6 Å². The van der Waals surface area contributed by atoms with Crippen LogP contribution in [0.3, 0.4) is 0 Å². The number of amides is 2. The quantitative estimate of drug-likeness (QED) is 0.353. The highest BCUT2D eigenvalue weighted by Crippen LogP contribution is 2.39. The Balaban J connectivity index is 2.20. The molecule has 2 rings (SSSR count). The number of benzene rings is 2. The second-order valence-corrected chi connectivity index (χ2v) is 9.10. The summed E-state index contributed by atoms with van der Waals surface area (Å²) in [7, 11) is -4.54. The number of hydrogen-bond acceptors (Lipinski definition) is 7.